The molecule has 1 aromatic heterocycles. The van der Waals surface area contributed by atoms with Gasteiger partial charge >= 0.3 is 0 Å². The first-order chi connectivity index (χ1) is 8.79. The van der Waals surface area contributed by atoms with E-state index in [-0.39, 0.29) is 6.61 Å². The highest BCUT2D eigenvalue weighted by Crippen LogP contribution is 2.29. The minimum atomic E-state index is 0.0858. The van der Waals surface area contributed by atoms with Crippen LogP contribution in [0.3, 0.4) is 0 Å². The molecule has 1 N–H and O–H groups in total. The Bertz CT molecular complexity index is 703. The fourth-order valence-electron chi connectivity index (χ4n) is 2.19. The lowest BCUT2D eigenvalue weighted by Crippen LogP contribution is -1.91. The van der Waals surface area contributed by atoms with E-state index in [2.05, 4.69) is 30.1 Å². The Morgan fingerprint density at radius 2 is 2.11 bits per heavy atom. The molecule has 0 aliphatic carbocycles. The van der Waals surface area contributed by atoms with Crippen LogP contribution >= 0.6 is 11.3 Å². The molecule has 3 heteroatoms. The molecular weight excluding hydrogens is 242 g/mol. The van der Waals surface area contributed by atoms with E-state index >= 15 is 0 Å². The Labute approximate surface area is 110 Å². The van der Waals surface area contributed by atoms with Gasteiger partial charge in [0.15, 0.2) is 0 Å². The average molecular weight is 255 g/mol. The molecule has 0 aliphatic heterocycles. The largest absolute Gasteiger partial charge is 0.392 e. The van der Waals surface area contributed by atoms with Crippen molar-refractivity contribution in [2.75, 3.05) is 0 Å². The molecule has 0 unspecified atom stereocenters. The van der Waals surface area contributed by atoms with E-state index in [1.165, 1.54) is 15.8 Å². The number of aromatic nitrogens is 1. The highest BCUT2D eigenvalue weighted by atomic mass is 32.1. The number of rotatable bonds is 2. The lowest BCUT2D eigenvalue weighted by molar-refractivity contribution is 0.281. The quantitative estimate of drug-likeness (QED) is 0.756. The summed E-state index contributed by atoms with van der Waals surface area (Å²) in [6.07, 6.45) is 0. The van der Waals surface area contributed by atoms with Crippen LogP contribution in [0, 0.1) is 6.92 Å². The summed E-state index contributed by atoms with van der Waals surface area (Å²) in [5.74, 6) is 0. The first kappa shape index (κ1) is 11.4. The summed E-state index contributed by atoms with van der Waals surface area (Å²) in [6, 6.07) is 12.3. The second-order valence-corrected chi connectivity index (χ2v) is 5.17. The summed E-state index contributed by atoms with van der Waals surface area (Å²) in [5, 5.41) is 9.32. The van der Waals surface area contributed by atoms with Gasteiger partial charge in [-0.25, -0.2) is 4.98 Å². The van der Waals surface area contributed by atoms with Gasteiger partial charge in [0, 0.05) is 0 Å². The Balaban J connectivity index is 2.19. The molecule has 2 aromatic carbocycles. The Hall–Kier alpha value is -1.71. The van der Waals surface area contributed by atoms with Crippen molar-refractivity contribution in [3.63, 3.8) is 0 Å². The van der Waals surface area contributed by atoms with Crippen molar-refractivity contribution >= 4 is 21.6 Å². The third kappa shape index (κ3) is 1.82. The highest BCUT2D eigenvalue weighted by Gasteiger charge is 2.07. The maximum Gasteiger partial charge on any atom is 0.0812 e. The van der Waals surface area contributed by atoms with Crippen LogP contribution in [0.5, 0.6) is 0 Å². The van der Waals surface area contributed by atoms with Crippen LogP contribution in [0.25, 0.3) is 21.3 Å². The molecule has 0 bridgehead atoms. The molecular formula is C15H13NOS. The third-order valence-electron chi connectivity index (χ3n) is 3.26. The minimum absolute atomic E-state index is 0.0858. The Morgan fingerprint density at radius 3 is 2.94 bits per heavy atom. The number of hydrogen-bond acceptors (Lipinski definition) is 3. The van der Waals surface area contributed by atoms with Gasteiger partial charge in [0.1, 0.15) is 0 Å². The summed E-state index contributed by atoms with van der Waals surface area (Å²) >= 11 is 1.65. The monoisotopic (exact) mass is 255 g/mol. The number of hydrogen-bond donors (Lipinski definition) is 1. The first-order valence-corrected chi connectivity index (χ1v) is 6.70. The highest BCUT2D eigenvalue weighted by molar-refractivity contribution is 7.16. The molecule has 1 heterocycles. The van der Waals surface area contributed by atoms with Gasteiger partial charge in [-0.1, -0.05) is 24.3 Å². The van der Waals surface area contributed by atoms with Gasteiger partial charge in [0.05, 0.1) is 22.3 Å². The molecule has 3 aromatic rings. The predicted molar refractivity (Wildman–Crippen MR) is 75.7 cm³/mol. The normalized spacial score (nSPS) is 11.0. The van der Waals surface area contributed by atoms with E-state index in [9.17, 15) is 5.11 Å². The molecule has 0 atom stereocenters. The fourth-order valence-corrected chi connectivity index (χ4v) is 2.91. The van der Waals surface area contributed by atoms with E-state index in [0.717, 1.165) is 16.6 Å². The second-order valence-electron chi connectivity index (χ2n) is 4.28. The van der Waals surface area contributed by atoms with Crippen molar-refractivity contribution in [3.8, 4) is 11.1 Å². The molecule has 0 saturated carbocycles. The van der Waals surface area contributed by atoms with Gasteiger partial charge in [-0.05, 0) is 41.3 Å². The minimum Gasteiger partial charge on any atom is -0.392 e. The SMILES string of the molecule is Cc1c(CO)cccc1-c1ccc2ncsc2c1. The molecule has 0 aliphatic rings. The predicted octanol–water partition coefficient (Wildman–Crippen LogP) is 3.76. The van der Waals surface area contributed by atoms with E-state index in [4.69, 9.17) is 0 Å². The molecule has 0 amide bonds. The van der Waals surface area contributed by atoms with Crippen molar-refractivity contribution < 1.29 is 5.11 Å². The van der Waals surface area contributed by atoms with Gasteiger partial charge in [0.2, 0.25) is 0 Å². The van der Waals surface area contributed by atoms with Crippen molar-refractivity contribution in [2.24, 2.45) is 0 Å². The zero-order valence-corrected chi connectivity index (χ0v) is 10.9. The summed E-state index contributed by atoms with van der Waals surface area (Å²) in [6.45, 7) is 2.14. The van der Waals surface area contributed by atoms with Crippen LogP contribution in [0.2, 0.25) is 0 Å². The number of fused-ring (bicyclic) bond motifs is 1. The van der Waals surface area contributed by atoms with Crippen LogP contribution in [0.4, 0.5) is 0 Å². The van der Waals surface area contributed by atoms with Crippen molar-refractivity contribution in [1.82, 2.24) is 4.98 Å². The topological polar surface area (TPSA) is 33.1 Å². The van der Waals surface area contributed by atoms with Crippen LogP contribution < -0.4 is 0 Å². The molecule has 0 saturated heterocycles. The van der Waals surface area contributed by atoms with Crippen molar-refractivity contribution in [3.05, 3.63) is 53.0 Å². The number of benzene rings is 2. The van der Waals surface area contributed by atoms with Gasteiger partial charge in [-0.15, -0.1) is 11.3 Å². The van der Waals surface area contributed by atoms with Gasteiger partial charge in [-0.3, -0.25) is 0 Å². The molecule has 0 radical (unpaired) electrons. The van der Waals surface area contributed by atoms with Crippen LogP contribution in [0.1, 0.15) is 11.1 Å². The molecule has 0 fully saturated rings. The summed E-state index contributed by atoms with van der Waals surface area (Å²) < 4.78 is 1.20. The maximum absolute atomic E-state index is 9.32. The molecule has 90 valence electrons. The summed E-state index contributed by atoms with van der Waals surface area (Å²) in [5.41, 5.74) is 7.39. The third-order valence-corrected chi connectivity index (χ3v) is 4.05. The first-order valence-electron chi connectivity index (χ1n) is 5.82. The maximum atomic E-state index is 9.32. The van der Waals surface area contributed by atoms with Crippen LogP contribution in [-0.4, -0.2) is 10.1 Å². The molecule has 3 rings (SSSR count). The number of thiazole rings is 1. The Morgan fingerprint density at radius 1 is 1.22 bits per heavy atom. The molecule has 0 spiro atoms. The van der Waals surface area contributed by atoms with Gasteiger partial charge < -0.3 is 5.11 Å². The van der Waals surface area contributed by atoms with E-state index in [0.29, 0.717) is 0 Å². The lowest BCUT2D eigenvalue weighted by atomic mass is 9.97. The van der Waals surface area contributed by atoms with Crippen molar-refractivity contribution in [1.29, 1.82) is 0 Å². The lowest BCUT2D eigenvalue weighted by Gasteiger charge is -2.09. The van der Waals surface area contributed by atoms with Crippen LogP contribution in [0.15, 0.2) is 41.9 Å². The van der Waals surface area contributed by atoms with E-state index in [1.807, 2.05) is 23.7 Å². The van der Waals surface area contributed by atoms with Crippen LogP contribution in [-0.2, 0) is 6.61 Å². The second kappa shape index (κ2) is 4.52. The zero-order chi connectivity index (χ0) is 12.5. The number of aliphatic hydroxyl groups excluding tert-OH is 1. The zero-order valence-electron chi connectivity index (χ0n) is 10.1. The smallest absolute Gasteiger partial charge is 0.0812 e. The standard InChI is InChI=1S/C15H13NOS/c1-10-12(8-17)3-2-4-13(10)11-5-6-14-15(7-11)18-9-16-14/h2-7,9,17H,8H2,1H3. The van der Waals surface area contributed by atoms with Gasteiger partial charge in [0.25, 0.3) is 0 Å². The number of aliphatic hydroxyl groups is 1. The average Bonchev–Trinajstić information content (AvgIpc) is 2.86. The van der Waals surface area contributed by atoms with Crippen molar-refractivity contribution in [2.45, 2.75) is 13.5 Å². The molecule has 2 nitrogen and oxygen atoms in total. The van der Waals surface area contributed by atoms with E-state index in [1.54, 1.807) is 11.3 Å². The summed E-state index contributed by atoms with van der Waals surface area (Å²) in [7, 11) is 0. The fraction of sp³-hybridized carbons (Fsp3) is 0.133. The van der Waals surface area contributed by atoms with Gasteiger partial charge in [-0.2, -0.15) is 0 Å². The number of nitrogens with zero attached hydrogens (tertiary/aromatic N) is 1. The summed E-state index contributed by atoms with van der Waals surface area (Å²) in [4.78, 5) is 4.29. The van der Waals surface area contributed by atoms with E-state index < -0.39 is 0 Å². The molecule has 18 heavy (non-hydrogen) atoms. The Kier molecular flexibility index (Phi) is 2.86.